The average molecular weight is 334 g/mol. The molecule has 8 nitrogen and oxygen atoms in total. The molecule has 2 aliphatic heterocycles. The zero-order chi connectivity index (χ0) is 17.6. The van der Waals surface area contributed by atoms with Crippen LogP contribution in [-0.4, -0.2) is 59.4 Å². The number of likely N-dealkylation sites (N-methyl/N-ethyl adjacent to an activating group) is 1. The van der Waals surface area contributed by atoms with Crippen LogP contribution in [0.3, 0.4) is 0 Å². The van der Waals surface area contributed by atoms with Crippen molar-refractivity contribution in [3.8, 4) is 0 Å². The van der Waals surface area contributed by atoms with Gasteiger partial charge in [0, 0.05) is 20.7 Å². The summed E-state index contributed by atoms with van der Waals surface area (Å²) in [4.78, 5) is 32.9. The molecular weight excluding hydrogens is 310 g/mol. The molecule has 8 heteroatoms. The van der Waals surface area contributed by atoms with Gasteiger partial charge in [-0.15, -0.1) is 0 Å². The van der Waals surface area contributed by atoms with Gasteiger partial charge in [0.15, 0.2) is 0 Å². The lowest BCUT2D eigenvalue weighted by Gasteiger charge is -2.33. The van der Waals surface area contributed by atoms with Crippen LogP contribution in [0.4, 0.5) is 10.7 Å². The Morgan fingerprint density at radius 2 is 2.00 bits per heavy atom. The predicted octanol–water partition coefficient (Wildman–Crippen LogP) is 0.928. The highest BCUT2D eigenvalue weighted by Crippen LogP contribution is 2.35. The second-order valence-electron chi connectivity index (χ2n) is 6.19. The summed E-state index contributed by atoms with van der Waals surface area (Å²) in [6.07, 6.45) is 0.731. The summed E-state index contributed by atoms with van der Waals surface area (Å²) in [7, 11) is 3.33. The van der Waals surface area contributed by atoms with Crippen molar-refractivity contribution in [2.45, 2.75) is 39.8 Å². The summed E-state index contributed by atoms with van der Waals surface area (Å²) in [6.45, 7) is 7.58. The molecule has 0 aromatic carbocycles. The highest BCUT2D eigenvalue weighted by Gasteiger charge is 2.53. The fraction of sp³-hybridized carbons (Fsp3) is 0.625. The summed E-state index contributed by atoms with van der Waals surface area (Å²) in [5.41, 5.74) is 2.04. The maximum absolute atomic E-state index is 12.9. The van der Waals surface area contributed by atoms with E-state index in [0.29, 0.717) is 31.5 Å². The third-order valence-electron chi connectivity index (χ3n) is 4.79. The first-order chi connectivity index (χ1) is 11.4. The number of amidine groups is 1. The number of methoxy groups -OCH3 is 1. The van der Waals surface area contributed by atoms with Gasteiger partial charge >= 0.3 is 12.0 Å². The number of hydrogen-bond acceptors (Lipinski definition) is 4. The number of carbonyl (C=O) groups excluding carboxylic acids is 2. The van der Waals surface area contributed by atoms with Gasteiger partial charge in [-0.2, -0.15) is 0 Å². The zero-order valence-corrected chi connectivity index (χ0v) is 14.9. The van der Waals surface area contributed by atoms with Gasteiger partial charge in [0.1, 0.15) is 11.4 Å². The number of amides is 3. The van der Waals surface area contributed by atoms with Crippen LogP contribution in [0.1, 0.15) is 30.8 Å². The SMILES string of the molecule is CCCN1C(=O)C2C(=Nc3n2c(C)c(C)[n+]3CCOC)N(C)C1=O. The Bertz CT molecular complexity index is 737. The van der Waals surface area contributed by atoms with Crippen molar-refractivity contribution >= 4 is 23.7 Å². The Hall–Kier alpha value is -2.22. The van der Waals surface area contributed by atoms with Crippen molar-refractivity contribution < 1.29 is 18.9 Å². The van der Waals surface area contributed by atoms with Crippen LogP contribution in [0.5, 0.6) is 0 Å². The third-order valence-corrected chi connectivity index (χ3v) is 4.79. The van der Waals surface area contributed by atoms with E-state index in [2.05, 4.69) is 4.99 Å². The molecule has 0 bridgehead atoms. The van der Waals surface area contributed by atoms with Crippen LogP contribution >= 0.6 is 0 Å². The van der Waals surface area contributed by atoms with E-state index in [1.165, 1.54) is 9.80 Å². The Balaban J connectivity index is 2.10. The molecule has 1 aromatic rings. The number of nitrogens with zero attached hydrogens (tertiary/aromatic N) is 5. The van der Waals surface area contributed by atoms with Crippen LogP contribution in [0.25, 0.3) is 0 Å². The van der Waals surface area contributed by atoms with Crippen molar-refractivity contribution in [1.29, 1.82) is 0 Å². The Morgan fingerprint density at radius 1 is 1.29 bits per heavy atom. The minimum Gasteiger partial charge on any atom is -0.381 e. The molecule has 1 fully saturated rings. The van der Waals surface area contributed by atoms with Crippen molar-refractivity contribution in [3.05, 3.63) is 11.4 Å². The van der Waals surface area contributed by atoms with E-state index in [1.807, 2.05) is 29.9 Å². The van der Waals surface area contributed by atoms with E-state index < -0.39 is 6.04 Å². The topological polar surface area (TPSA) is 71.0 Å². The largest absolute Gasteiger partial charge is 0.402 e. The monoisotopic (exact) mass is 334 g/mol. The van der Waals surface area contributed by atoms with Gasteiger partial charge in [0.25, 0.3) is 5.91 Å². The Labute approximate surface area is 141 Å². The summed E-state index contributed by atoms with van der Waals surface area (Å²) < 4.78 is 9.16. The van der Waals surface area contributed by atoms with Gasteiger partial charge < -0.3 is 4.74 Å². The van der Waals surface area contributed by atoms with Crippen molar-refractivity contribution in [2.75, 3.05) is 27.3 Å². The van der Waals surface area contributed by atoms with E-state index in [-0.39, 0.29) is 11.9 Å². The van der Waals surface area contributed by atoms with Crippen LogP contribution in [0, 0.1) is 13.8 Å². The van der Waals surface area contributed by atoms with Crippen molar-refractivity contribution in [3.63, 3.8) is 0 Å². The number of urea groups is 1. The van der Waals surface area contributed by atoms with E-state index >= 15 is 0 Å². The van der Waals surface area contributed by atoms with E-state index in [9.17, 15) is 9.59 Å². The van der Waals surface area contributed by atoms with E-state index in [1.54, 1.807) is 14.2 Å². The summed E-state index contributed by atoms with van der Waals surface area (Å²) in [5, 5.41) is 0. The number of aromatic nitrogens is 2. The quantitative estimate of drug-likeness (QED) is 0.752. The lowest BCUT2D eigenvalue weighted by Crippen LogP contribution is -2.57. The molecule has 24 heavy (non-hydrogen) atoms. The lowest BCUT2D eigenvalue weighted by molar-refractivity contribution is -0.690. The van der Waals surface area contributed by atoms with Gasteiger partial charge in [-0.1, -0.05) is 11.9 Å². The van der Waals surface area contributed by atoms with Gasteiger partial charge in [-0.05, 0) is 20.3 Å². The number of carbonyl (C=O) groups is 2. The number of rotatable bonds is 5. The minimum atomic E-state index is -0.559. The molecule has 0 N–H and O–H groups in total. The van der Waals surface area contributed by atoms with Crippen molar-refractivity contribution in [1.82, 2.24) is 14.4 Å². The normalized spacial score (nSPS) is 19.7. The second-order valence-corrected chi connectivity index (χ2v) is 6.19. The molecule has 130 valence electrons. The number of aliphatic imine (C=N–C) groups is 1. The van der Waals surface area contributed by atoms with Crippen LogP contribution in [-0.2, 0) is 16.1 Å². The molecule has 1 unspecified atom stereocenters. The van der Waals surface area contributed by atoms with E-state index in [4.69, 9.17) is 4.74 Å². The molecule has 1 aromatic heterocycles. The van der Waals surface area contributed by atoms with Gasteiger partial charge in [0.2, 0.25) is 11.9 Å². The molecule has 3 amide bonds. The summed E-state index contributed by atoms with van der Waals surface area (Å²) in [5.74, 6) is 1.00. The molecule has 0 spiro atoms. The number of ether oxygens (including phenoxy) is 1. The van der Waals surface area contributed by atoms with Crippen molar-refractivity contribution in [2.24, 2.45) is 4.99 Å². The maximum atomic E-state index is 12.9. The third kappa shape index (κ3) is 2.16. The molecule has 0 aliphatic carbocycles. The maximum Gasteiger partial charge on any atom is 0.402 e. The molecule has 3 heterocycles. The Morgan fingerprint density at radius 3 is 2.62 bits per heavy atom. The summed E-state index contributed by atoms with van der Waals surface area (Å²) in [6, 6.07) is -0.864. The molecule has 0 saturated carbocycles. The first kappa shape index (κ1) is 16.6. The van der Waals surface area contributed by atoms with Crippen LogP contribution in [0.15, 0.2) is 4.99 Å². The number of imidazole rings is 1. The summed E-state index contributed by atoms with van der Waals surface area (Å²) >= 11 is 0. The molecule has 1 atom stereocenters. The van der Waals surface area contributed by atoms with Gasteiger partial charge in [0.05, 0.1) is 13.2 Å². The lowest BCUT2D eigenvalue weighted by atomic mass is 10.1. The fourth-order valence-corrected chi connectivity index (χ4v) is 3.38. The van der Waals surface area contributed by atoms with Crippen LogP contribution in [0.2, 0.25) is 0 Å². The second kappa shape index (κ2) is 6.01. The smallest absolute Gasteiger partial charge is 0.381 e. The molecule has 0 radical (unpaired) electrons. The van der Waals surface area contributed by atoms with Crippen LogP contribution < -0.4 is 4.57 Å². The first-order valence-corrected chi connectivity index (χ1v) is 8.21. The minimum absolute atomic E-state index is 0.200. The number of fused-ring (bicyclic) bond motifs is 3. The average Bonchev–Trinajstić information content (AvgIpc) is 3.05. The fourth-order valence-electron chi connectivity index (χ4n) is 3.38. The number of hydrogen-bond donors (Lipinski definition) is 0. The molecule has 2 aliphatic rings. The highest BCUT2D eigenvalue weighted by atomic mass is 16.5. The molecule has 1 saturated heterocycles. The predicted molar refractivity (Wildman–Crippen MR) is 87.3 cm³/mol. The number of imide groups is 1. The van der Waals surface area contributed by atoms with Gasteiger partial charge in [-0.25, -0.2) is 13.9 Å². The molecular formula is C16H24N5O3+. The zero-order valence-electron chi connectivity index (χ0n) is 14.9. The highest BCUT2D eigenvalue weighted by molar-refractivity contribution is 6.20. The Kier molecular flexibility index (Phi) is 4.16. The molecule has 3 rings (SSSR count). The first-order valence-electron chi connectivity index (χ1n) is 8.21. The standard InChI is InChI=1S/C16H24N5O3/c1-6-7-20-14(22)12-13(18(4)16(20)23)17-15-19(8-9-24-5)10(2)11(3)21(12)15/h12H,6-9H2,1-5H3/q+1. The van der Waals surface area contributed by atoms with E-state index in [0.717, 1.165) is 17.8 Å². The van der Waals surface area contributed by atoms with Gasteiger partial charge in [-0.3, -0.25) is 14.6 Å².